The minimum Gasteiger partial charge on any atom is -0.376 e. The van der Waals surface area contributed by atoms with E-state index in [9.17, 15) is 9.59 Å². The van der Waals surface area contributed by atoms with Crippen LogP contribution in [0.4, 0.5) is 5.69 Å². The number of hydrogen-bond acceptors (Lipinski definition) is 3. The van der Waals surface area contributed by atoms with E-state index < -0.39 is 0 Å². The van der Waals surface area contributed by atoms with Crippen LogP contribution in [0, 0.1) is 6.92 Å². The Labute approximate surface area is 130 Å². The van der Waals surface area contributed by atoms with E-state index in [2.05, 4.69) is 10.6 Å². The molecule has 0 saturated heterocycles. The molecular weight excluding hydrogens is 276 g/mol. The second-order valence-corrected chi connectivity index (χ2v) is 5.22. The van der Waals surface area contributed by atoms with Gasteiger partial charge in [-0.3, -0.25) is 9.59 Å². The zero-order chi connectivity index (χ0) is 15.9. The Bertz CT molecular complexity index is 680. The molecule has 0 aliphatic heterocycles. The number of carbonyl (C=O) groups excluding carboxylic acids is 2. The SMILES string of the molecule is CC(=O)c1ccccc1NCC(=O)NCc1cccc(C)c1. The second kappa shape index (κ2) is 7.41. The number of aryl methyl sites for hydroxylation is 1. The lowest BCUT2D eigenvalue weighted by Crippen LogP contribution is -2.29. The molecule has 0 spiro atoms. The van der Waals surface area contributed by atoms with Crippen LogP contribution in [0.15, 0.2) is 48.5 Å². The molecule has 2 N–H and O–H groups in total. The first kappa shape index (κ1) is 15.8. The number of benzene rings is 2. The Hall–Kier alpha value is -2.62. The molecule has 0 aliphatic carbocycles. The highest BCUT2D eigenvalue weighted by atomic mass is 16.2. The normalized spacial score (nSPS) is 10.1. The molecule has 0 atom stereocenters. The summed E-state index contributed by atoms with van der Waals surface area (Å²) in [6.45, 7) is 4.16. The summed E-state index contributed by atoms with van der Waals surface area (Å²) in [4.78, 5) is 23.4. The van der Waals surface area contributed by atoms with Crippen LogP contribution in [-0.2, 0) is 11.3 Å². The lowest BCUT2D eigenvalue weighted by molar-refractivity contribution is -0.119. The third kappa shape index (κ3) is 4.45. The number of anilines is 1. The molecule has 0 aromatic heterocycles. The van der Waals surface area contributed by atoms with Crippen molar-refractivity contribution in [2.45, 2.75) is 20.4 Å². The van der Waals surface area contributed by atoms with Crippen LogP contribution < -0.4 is 10.6 Å². The predicted molar refractivity (Wildman–Crippen MR) is 88.0 cm³/mol. The second-order valence-electron chi connectivity index (χ2n) is 5.22. The third-order valence-electron chi connectivity index (χ3n) is 3.32. The van der Waals surface area contributed by atoms with Crippen molar-refractivity contribution in [3.63, 3.8) is 0 Å². The summed E-state index contributed by atoms with van der Waals surface area (Å²) in [5.41, 5.74) is 3.51. The lowest BCUT2D eigenvalue weighted by atomic mass is 10.1. The fourth-order valence-electron chi connectivity index (χ4n) is 2.21. The van der Waals surface area contributed by atoms with E-state index in [1.165, 1.54) is 12.5 Å². The van der Waals surface area contributed by atoms with Crippen LogP contribution in [-0.4, -0.2) is 18.2 Å². The topological polar surface area (TPSA) is 58.2 Å². The first-order chi connectivity index (χ1) is 10.6. The molecule has 4 heteroatoms. The maximum Gasteiger partial charge on any atom is 0.239 e. The van der Waals surface area contributed by atoms with Crippen molar-refractivity contribution in [3.05, 3.63) is 65.2 Å². The number of ketones is 1. The molecule has 2 aromatic carbocycles. The number of para-hydroxylation sites is 1. The summed E-state index contributed by atoms with van der Waals surface area (Å²) in [5.74, 6) is -0.136. The van der Waals surface area contributed by atoms with Crippen LogP contribution in [0.25, 0.3) is 0 Å². The van der Waals surface area contributed by atoms with Gasteiger partial charge in [0, 0.05) is 17.8 Å². The fourth-order valence-corrected chi connectivity index (χ4v) is 2.21. The monoisotopic (exact) mass is 296 g/mol. The quantitative estimate of drug-likeness (QED) is 0.806. The molecule has 0 bridgehead atoms. The summed E-state index contributed by atoms with van der Waals surface area (Å²) < 4.78 is 0. The van der Waals surface area contributed by atoms with Gasteiger partial charge in [0.15, 0.2) is 5.78 Å². The summed E-state index contributed by atoms with van der Waals surface area (Å²) in [6, 6.07) is 15.2. The smallest absolute Gasteiger partial charge is 0.239 e. The molecule has 2 rings (SSSR count). The number of Topliss-reactive ketones (excluding diaryl/α,β-unsaturated/α-hetero) is 1. The van der Waals surface area contributed by atoms with Crippen molar-refractivity contribution in [3.8, 4) is 0 Å². The molecule has 1 amide bonds. The number of amides is 1. The summed E-state index contributed by atoms with van der Waals surface area (Å²) in [5, 5.41) is 5.87. The summed E-state index contributed by atoms with van der Waals surface area (Å²) in [7, 11) is 0. The van der Waals surface area contributed by atoms with Gasteiger partial charge in [-0.15, -0.1) is 0 Å². The predicted octanol–water partition coefficient (Wildman–Crippen LogP) is 2.93. The highest BCUT2D eigenvalue weighted by Crippen LogP contribution is 2.14. The number of carbonyl (C=O) groups is 2. The van der Waals surface area contributed by atoms with Gasteiger partial charge in [-0.25, -0.2) is 0 Å². The Morgan fingerprint density at radius 1 is 1.05 bits per heavy atom. The zero-order valence-corrected chi connectivity index (χ0v) is 12.8. The van der Waals surface area contributed by atoms with Gasteiger partial charge in [0.1, 0.15) is 0 Å². The van der Waals surface area contributed by atoms with Crippen molar-refractivity contribution in [2.24, 2.45) is 0 Å². The molecule has 0 aliphatic rings. The average Bonchev–Trinajstić information content (AvgIpc) is 2.51. The third-order valence-corrected chi connectivity index (χ3v) is 3.32. The van der Waals surface area contributed by atoms with E-state index in [0.717, 1.165) is 5.56 Å². The highest BCUT2D eigenvalue weighted by Gasteiger charge is 2.07. The van der Waals surface area contributed by atoms with Gasteiger partial charge in [-0.2, -0.15) is 0 Å². The molecule has 4 nitrogen and oxygen atoms in total. The van der Waals surface area contributed by atoms with Gasteiger partial charge in [-0.1, -0.05) is 42.0 Å². The lowest BCUT2D eigenvalue weighted by Gasteiger charge is -2.10. The van der Waals surface area contributed by atoms with Crippen LogP contribution in [0.3, 0.4) is 0 Å². The molecule has 22 heavy (non-hydrogen) atoms. The molecule has 114 valence electrons. The summed E-state index contributed by atoms with van der Waals surface area (Å²) >= 11 is 0. The molecule has 0 fully saturated rings. The molecule has 2 aromatic rings. The Balaban J connectivity index is 1.87. The molecular formula is C18H20N2O2. The minimum absolute atomic E-state index is 0.0248. The maximum atomic E-state index is 11.9. The van der Waals surface area contributed by atoms with Crippen molar-refractivity contribution >= 4 is 17.4 Å². The largest absolute Gasteiger partial charge is 0.376 e. The van der Waals surface area contributed by atoms with Gasteiger partial charge in [-0.05, 0) is 31.5 Å². The van der Waals surface area contributed by atoms with Crippen molar-refractivity contribution in [1.29, 1.82) is 0 Å². The first-order valence-electron chi connectivity index (χ1n) is 7.22. The fraction of sp³-hybridized carbons (Fsp3) is 0.222. The van der Waals surface area contributed by atoms with E-state index in [4.69, 9.17) is 0 Å². The zero-order valence-electron chi connectivity index (χ0n) is 12.8. The molecule has 0 radical (unpaired) electrons. The molecule has 0 heterocycles. The number of rotatable bonds is 6. The highest BCUT2D eigenvalue weighted by molar-refractivity contribution is 6.00. The van der Waals surface area contributed by atoms with Crippen LogP contribution in [0.1, 0.15) is 28.4 Å². The molecule has 0 unspecified atom stereocenters. The van der Waals surface area contributed by atoms with Gasteiger partial charge in [0.2, 0.25) is 5.91 Å². The van der Waals surface area contributed by atoms with Gasteiger partial charge >= 0.3 is 0 Å². The van der Waals surface area contributed by atoms with E-state index in [1.807, 2.05) is 37.3 Å². The van der Waals surface area contributed by atoms with E-state index in [0.29, 0.717) is 17.8 Å². The van der Waals surface area contributed by atoms with Crippen molar-refractivity contribution in [1.82, 2.24) is 5.32 Å². The number of hydrogen-bond donors (Lipinski definition) is 2. The van der Waals surface area contributed by atoms with Crippen LogP contribution in [0.2, 0.25) is 0 Å². The van der Waals surface area contributed by atoms with Crippen molar-refractivity contribution < 1.29 is 9.59 Å². The van der Waals surface area contributed by atoms with Gasteiger partial charge < -0.3 is 10.6 Å². The number of nitrogens with one attached hydrogen (secondary N) is 2. The van der Waals surface area contributed by atoms with Crippen LogP contribution in [0.5, 0.6) is 0 Å². The van der Waals surface area contributed by atoms with Crippen LogP contribution >= 0.6 is 0 Å². The van der Waals surface area contributed by atoms with Gasteiger partial charge in [0.05, 0.1) is 6.54 Å². The summed E-state index contributed by atoms with van der Waals surface area (Å²) in [6.07, 6.45) is 0. The first-order valence-corrected chi connectivity index (χ1v) is 7.22. The van der Waals surface area contributed by atoms with E-state index in [-0.39, 0.29) is 18.2 Å². The Kier molecular flexibility index (Phi) is 5.31. The maximum absolute atomic E-state index is 11.9. The van der Waals surface area contributed by atoms with Crippen molar-refractivity contribution in [2.75, 3.05) is 11.9 Å². The standard InChI is InChI=1S/C18H20N2O2/c1-13-6-5-7-15(10-13)11-20-18(22)12-19-17-9-4-3-8-16(17)14(2)21/h3-10,19H,11-12H2,1-2H3,(H,20,22). The Morgan fingerprint density at radius 3 is 2.55 bits per heavy atom. The Morgan fingerprint density at radius 2 is 1.82 bits per heavy atom. The van der Waals surface area contributed by atoms with Gasteiger partial charge in [0.25, 0.3) is 0 Å². The average molecular weight is 296 g/mol. The minimum atomic E-state index is -0.111. The van der Waals surface area contributed by atoms with E-state index >= 15 is 0 Å². The molecule has 0 saturated carbocycles. The van der Waals surface area contributed by atoms with E-state index in [1.54, 1.807) is 18.2 Å².